The molecule has 0 saturated carbocycles. The van der Waals surface area contributed by atoms with Crippen molar-refractivity contribution in [3.8, 4) is 0 Å². The van der Waals surface area contributed by atoms with E-state index in [1.165, 1.54) is 4.90 Å². The van der Waals surface area contributed by atoms with Crippen molar-refractivity contribution in [2.75, 3.05) is 13.1 Å². The van der Waals surface area contributed by atoms with Crippen LogP contribution in [0.1, 0.15) is 49.0 Å². The van der Waals surface area contributed by atoms with Gasteiger partial charge in [0, 0.05) is 13.1 Å². The first-order chi connectivity index (χ1) is 9.42. The first kappa shape index (κ1) is 16.5. The summed E-state index contributed by atoms with van der Waals surface area (Å²) in [5.74, 6) is -3.06. The molecule has 0 saturated heterocycles. The Morgan fingerprint density at radius 1 is 1.10 bits per heavy atom. The fourth-order valence-corrected chi connectivity index (χ4v) is 1.92. The zero-order valence-electron chi connectivity index (χ0n) is 11.4. The summed E-state index contributed by atoms with van der Waals surface area (Å²) in [4.78, 5) is 13.5. The second-order valence-corrected chi connectivity index (χ2v) is 4.45. The number of hydrogen-bond acceptors (Lipinski definition) is 1. The smallest absolute Gasteiger partial charge is 0.266 e. The maximum absolute atomic E-state index is 13.7. The predicted molar refractivity (Wildman–Crippen MR) is 67.8 cm³/mol. The lowest BCUT2D eigenvalue weighted by atomic mass is 10.1. The fourth-order valence-electron chi connectivity index (χ4n) is 1.92. The highest BCUT2D eigenvalue weighted by molar-refractivity contribution is 5.94. The van der Waals surface area contributed by atoms with E-state index < -0.39 is 35.1 Å². The topological polar surface area (TPSA) is 20.3 Å². The Bertz CT molecular complexity index is 470. The Morgan fingerprint density at radius 2 is 1.65 bits per heavy atom. The van der Waals surface area contributed by atoms with E-state index in [0.717, 1.165) is 0 Å². The number of rotatable bonds is 6. The minimum absolute atomic E-state index is 0.392. The molecule has 0 unspecified atom stereocenters. The van der Waals surface area contributed by atoms with Gasteiger partial charge in [-0.15, -0.1) is 0 Å². The molecule has 0 aliphatic rings. The van der Waals surface area contributed by atoms with Crippen molar-refractivity contribution in [1.29, 1.82) is 0 Å². The highest BCUT2D eigenvalue weighted by atomic mass is 19.3. The number of benzene rings is 1. The second kappa shape index (κ2) is 7.26. The number of nitrogens with zero attached hydrogens (tertiary/aromatic N) is 1. The normalized spacial score (nSPS) is 10.9. The van der Waals surface area contributed by atoms with Gasteiger partial charge >= 0.3 is 0 Å². The molecule has 0 aliphatic heterocycles. The summed E-state index contributed by atoms with van der Waals surface area (Å²) >= 11 is 0. The quantitative estimate of drug-likeness (QED) is 0.720. The SMILES string of the molecule is CCCN(CCC)C(=O)c1cc(F)c(C(F)F)cc1F. The molecular formula is C14H17F4NO. The van der Waals surface area contributed by atoms with Crippen LogP contribution in [0.3, 0.4) is 0 Å². The van der Waals surface area contributed by atoms with Gasteiger partial charge in [0.25, 0.3) is 12.3 Å². The van der Waals surface area contributed by atoms with Crippen molar-refractivity contribution >= 4 is 5.91 Å². The van der Waals surface area contributed by atoms with Crippen molar-refractivity contribution in [3.63, 3.8) is 0 Å². The lowest BCUT2D eigenvalue weighted by Gasteiger charge is -2.22. The first-order valence-corrected chi connectivity index (χ1v) is 6.48. The Morgan fingerprint density at radius 3 is 2.10 bits per heavy atom. The molecule has 1 aromatic carbocycles. The minimum Gasteiger partial charge on any atom is -0.339 e. The van der Waals surface area contributed by atoms with E-state index in [1.807, 2.05) is 13.8 Å². The van der Waals surface area contributed by atoms with E-state index in [1.54, 1.807) is 0 Å². The Labute approximate surface area is 115 Å². The number of halogens is 4. The summed E-state index contributed by atoms with van der Waals surface area (Å²) in [7, 11) is 0. The number of carbonyl (C=O) groups excluding carboxylic acids is 1. The van der Waals surface area contributed by atoms with Gasteiger partial charge in [-0.05, 0) is 25.0 Å². The van der Waals surface area contributed by atoms with Crippen LogP contribution in [-0.4, -0.2) is 23.9 Å². The second-order valence-electron chi connectivity index (χ2n) is 4.45. The van der Waals surface area contributed by atoms with Gasteiger partial charge in [0.05, 0.1) is 11.1 Å². The molecule has 0 radical (unpaired) electrons. The number of hydrogen-bond donors (Lipinski definition) is 0. The molecule has 112 valence electrons. The van der Waals surface area contributed by atoms with Crippen LogP contribution in [-0.2, 0) is 0 Å². The summed E-state index contributed by atoms with van der Waals surface area (Å²) < 4.78 is 52.1. The molecule has 1 rings (SSSR count). The maximum atomic E-state index is 13.7. The van der Waals surface area contributed by atoms with Crippen molar-refractivity contribution in [2.45, 2.75) is 33.1 Å². The molecule has 0 atom stereocenters. The van der Waals surface area contributed by atoms with Crippen molar-refractivity contribution in [2.24, 2.45) is 0 Å². The third kappa shape index (κ3) is 3.71. The third-order valence-corrected chi connectivity index (χ3v) is 2.83. The highest BCUT2D eigenvalue weighted by Crippen LogP contribution is 2.25. The van der Waals surface area contributed by atoms with Gasteiger partial charge in [0.2, 0.25) is 0 Å². The van der Waals surface area contributed by atoms with Crippen molar-refractivity contribution < 1.29 is 22.4 Å². The van der Waals surface area contributed by atoms with E-state index in [9.17, 15) is 22.4 Å². The molecular weight excluding hydrogens is 274 g/mol. The summed E-state index contributed by atoms with van der Waals surface area (Å²) in [5, 5.41) is 0. The van der Waals surface area contributed by atoms with Crippen LogP contribution in [0.2, 0.25) is 0 Å². The molecule has 0 aromatic heterocycles. The van der Waals surface area contributed by atoms with Crippen LogP contribution in [0.4, 0.5) is 17.6 Å². The summed E-state index contributed by atoms with van der Waals surface area (Å²) in [6, 6.07) is 0.945. The summed E-state index contributed by atoms with van der Waals surface area (Å²) in [6.45, 7) is 4.52. The summed E-state index contributed by atoms with van der Waals surface area (Å²) in [5.41, 5.74) is -1.54. The van der Waals surface area contributed by atoms with Crippen LogP contribution in [0, 0.1) is 11.6 Å². The third-order valence-electron chi connectivity index (χ3n) is 2.83. The lowest BCUT2D eigenvalue weighted by molar-refractivity contribution is 0.0749. The minimum atomic E-state index is -3.11. The van der Waals surface area contributed by atoms with E-state index in [4.69, 9.17) is 0 Å². The molecule has 0 N–H and O–H groups in total. The van der Waals surface area contributed by atoms with Gasteiger partial charge in [-0.3, -0.25) is 4.79 Å². The first-order valence-electron chi connectivity index (χ1n) is 6.48. The Balaban J connectivity index is 3.12. The molecule has 2 nitrogen and oxygen atoms in total. The largest absolute Gasteiger partial charge is 0.339 e. The Kier molecular flexibility index (Phi) is 5.98. The molecule has 20 heavy (non-hydrogen) atoms. The van der Waals surface area contributed by atoms with Gasteiger partial charge in [0.15, 0.2) is 0 Å². The van der Waals surface area contributed by atoms with Gasteiger partial charge in [-0.2, -0.15) is 0 Å². The number of alkyl halides is 2. The average Bonchev–Trinajstić information content (AvgIpc) is 2.39. The molecule has 1 amide bonds. The zero-order chi connectivity index (χ0) is 15.3. The van der Waals surface area contributed by atoms with Gasteiger partial charge in [-0.1, -0.05) is 13.8 Å². The molecule has 1 aromatic rings. The fraction of sp³-hybridized carbons (Fsp3) is 0.500. The van der Waals surface area contributed by atoms with Crippen LogP contribution in [0.25, 0.3) is 0 Å². The summed E-state index contributed by atoms with van der Waals surface area (Å²) in [6.07, 6.45) is -1.77. The van der Waals surface area contributed by atoms with Gasteiger partial charge in [0.1, 0.15) is 11.6 Å². The zero-order valence-corrected chi connectivity index (χ0v) is 11.4. The highest BCUT2D eigenvalue weighted by Gasteiger charge is 2.23. The molecule has 0 heterocycles. The standard InChI is InChI=1S/C14H17F4NO/c1-3-5-19(6-4-2)14(20)10-8-11(15)9(13(17)18)7-12(10)16/h7-8,13H,3-6H2,1-2H3. The van der Waals surface area contributed by atoms with Crippen LogP contribution < -0.4 is 0 Å². The van der Waals surface area contributed by atoms with E-state index in [-0.39, 0.29) is 0 Å². The van der Waals surface area contributed by atoms with E-state index in [0.29, 0.717) is 38.1 Å². The number of amides is 1. The number of carbonyl (C=O) groups is 1. The average molecular weight is 291 g/mol. The molecule has 6 heteroatoms. The predicted octanol–water partition coefficient (Wildman–Crippen LogP) is 4.16. The van der Waals surface area contributed by atoms with Crippen LogP contribution in [0.15, 0.2) is 12.1 Å². The van der Waals surface area contributed by atoms with E-state index in [2.05, 4.69) is 0 Å². The van der Waals surface area contributed by atoms with Crippen LogP contribution >= 0.6 is 0 Å². The van der Waals surface area contributed by atoms with Crippen LogP contribution in [0.5, 0.6) is 0 Å². The molecule has 0 bridgehead atoms. The lowest BCUT2D eigenvalue weighted by Crippen LogP contribution is -2.33. The van der Waals surface area contributed by atoms with Crippen molar-refractivity contribution in [3.05, 3.63) is 34.9 Å². The molecule has 0 fully saturated rings. The van der Waals surface area contributed by atoms with Gasteiger partial charge in [-0.25, -0.2) is 17.6 Å². The maximum Gasteiger partial charge on any atom is 0.266 e. The molecule has 0 spiro atoms. The van der Waals surface area contributed by atoms with Crippen molar-refractivity contribution in [1.82, 2.24) is 4.90 Å². The monoisotopic (exact) mass is 291 g/mol. The van der Waals surface area contributed by atoms with E-state index >= 15 is 0 Å². The van der Waals surface area contributed by atoms with Gasteiger partial charge < -0.3 is 4.90 Å². The Hall–Kier alpha value is -1.59. The molecule has 0 aliphatic carbocycles.